The molecule has 0 spiro atoms. The van der Waals surface area contributed by atoms with Crippen LogP contribution in [0.3, 0.4) is 0 Å². The summed E-state index contributed by atoms with van der Waals surface area (Å²) in [4.78, 5) is 22.1. The van der Waals surface area contributed by atoms with Gasteiger partial charge in [-0.2, -0.15) is 14.6 Å². The van der Waals surface area contributed by atoms with Crippen molar-refractivity contribution in [3.8, 4) is 0 Å². The Morgan fingerprint density at radius 2 is 1.90 bits per heavy atom. The number of aryl methyl sites for hydroxylation is 1. The van der Waals surface area contributed by atoms with E-state index in [0.29, 0.717) is 22.2 Å². The van der Waals surface area contributed by atoms with Crippen molar-refractivity contribution in [2.45, 2.75) is 30.2 Å². The Morgan fingerprint density at radius 3 is 2.67 bits per heavy atom. The van der Waals surface area contributed by atoms with Gasteiger partial charge < -0.3 is 10.6 Å². The molecule has 0 aliphatic rings. The second-order valence-corrected chi connectivity index (χ2v) is 7.96. The Hall–Kier alpha value is -3.10. The smallest absolute Gasteiger partial charge is 0.308 e. The van der Waals surface area contributed by atoms with Crippen LogP contribution in [0.5, 0.6) is 0 Å². The van der Waals surface area contributed by atoms with Gasteiger partial charge >= 0.3 is 6.03 Å². The number of nitrogens with one attached hydrogen (secondary N) is 2. The van der Waals surface area contributed by atoms with Crippen molar-refractivity contribution in [3.63, 3.8) is 0 Å². The Balaban J connectivity index is 1.61. The van der Waals surface area contributed by atoms with Crippen LogP contribution in [0.4, 0.5) is 16.2 Å². The van der Waals surface area contributed by atoms with Gasteiger partial charge in [-0.05, 0) is 49.7 Å². The van der Waals surface area contributed by atoms with E-state index in [1.807, 2.05) is 31.2 Å². The molecule has 0 aliphatic heterocycles. The molecule has 152 valence electrons. The lowest BCUT2D eigenvalue weighted by molar-refractivity contribution is 0.262. The lowest BCUT2D eigenvalue weighted by atomic mass is 10.2. The predicted molar refractivity (Wildman–Crippen MR) is 120 cm³/mol. The summed E-state index contributed by atoms with van der Waals surface area (Å²) >= 11 is 7.42. The zero-order valence-electron chi connectivity index (χ0n) is 16.4. The second kappa shape index (κ2) is 8.73. The third-order valence-corrected chi connectivity index (χ3v) is 5.92. The number of carbonyl (C=O) groups excluding carboxylic acids is 1. The van der Waals surface area contributed by atoms with Gasteiger partial charge in [-0.15, -0.1) is 0 Å². The molecule has 2 amide bonds. The average molecular weight is 439 g/mol. The Kier molecular flexibility index (Phi) is 5.87. The molecule has 4 rings (SSSR count). The fraction of sp³-hybridized carbons (Fsp3) is 0.143. The van der Waals surface area contributed by atoms with E-state index < -0.39 is 0 Å². The molecular formula is C21H19ClN6OS. The molecular weight excluding hydrogens is 420 g/mol. The van der Waals surface area contributed by atoms with E-state index in [-0.39, 0.29) is 6.03 Å². The number of amides is 2. The molecule has 0 unspecified atom stereocenters. The molecule has 0 saturated carbocycles. The van der Waals surface area contributed by atoms with Gasteiger partial charge in [-0.25, -0.2) is 9.78 Å². The van der Waals surface area contributed by atoms with E-state index in [0.717, 1.165) is 27.6 Å². The molecule has 30 heavy (non-hydrogen) atoms. The normalized spacial score (nSPS) is 10.9. The van der Waals surface area contributed by atoms with E-state index in [4.69, 9.17) is 11.6 Å². The highest BCUT2D eigenvalue weighted by Gasteiger charge is 2.16. The molecule has 9 heteroatoms. The fourth-order valence-electron chi connectivity index (χ4n) is 3.05. The minimum atomic E-state index is -0.335. The first-order valence-corrected chi connectivity index (χ1v) is 10.5. The first-order valence-electron chi connectivity index (χ1n) is 9.35. The maximum Gasteiger partial charge on any atom is 0.323 e. The van der Waals surface area contributed by atoms with E-state index in [1.54, 1.807) is 28.8 Å². The van der Waals surface area contributed by atoms with Gasteiger partial charge in [0.25, 0.3) is 5.78 Å². The minimum Gasteiger partial charge on any atom is -0.308 e. The SMILES string of the molecule is CCc1c(C)nc2ncnn2c1Sc1ccccc1NC(=O)Nc1ccc(Cl)cc1. The van der Waals surface area contributed by atoms with Crippen molar-refractivity contribution in [2.75, 3.05) is 10.6 Å². The van der Waals surface area contributed by atoms with Gasteiger partial charge in [0.1, 0.15) is 11.4 Å². The van der Waals surface area contributed by atoms with Crippen molar-refractivity contribution < 1.29 is 4.79 Å². The van der Waals surface area contributed by atoms with Crippen molar-refractivity contribution in [2.24, 2.45) is 0 Å². The van der Waals surface area contributed by atoms with Crippen LogP contribution in [0, 0.1) is 6.92 Å². The number of urea groups is 1. The van der Waals surface area contributed by atoms with Crippen molar-refractivity contribution >= 4 is 46.5 Å². The zero-order chi connectivity index (χ0) is 21.1. The highest BCUT2D eigenvalue weighted by Crippen LogP contribution is 2.36. The first kappa shape index (κ1) is 20.2. The largest absolute Gasteiger partial charge is 0.323 e. The summed E-state index contributed by atoms with van der Waals surface area (Å²) in [5.74, 6) is 0.554. The van der Waals surface area contributed by atoms with Crippen LogP contribution in [0.25, 0.3) is 5.78 Å². The van der Waals surface area contributed by atoms with Gasteiger partial charge in [0.15, 0.2) is 0 Å². The van der Waals surface area contributed by atoms with Gasteiger partial charge in [0.05, 0.1) is 5.69 Å². The molecule has 2 aromatic heterocycles. The van der Waals surface area contributed by atoms with Gasteiger partial charge in [0.2, 0.25) is 0 Å². The maximum absolute atomic E-state index is 12.5. The molecule has 0 atom stereocenters. The molecule has 2 heterocycles. The molecule has 2 aromatic carbocycles. The van der Waals surface area contributed by atoms with Crippen molar-refractivity contribution in [1.29, 1.82) is 0 Å². The Labute approximate surface area is 182 Å². The minimum absolute atomic E-state index is 0.335. The van der Waals surface area contributed by atoms with Crippen LogP contribution in [-0.2, 0) is 6.42 Å². The summed E-state index contributed by atoms with van der Waals surface area (Å²) in [5.41, 5.74) is 3.37. The number of anilines is 2. The van der Waals surface area contributed by atoms with Gasteiger partial charge in [-0.3, -0.25) is 0 Å². The standard InChI is InChI=1S/C21H19ClN6OS/c1-3-16-13(2)25-20-23-12-24-28(20)19(16)30-18-7-5-4-6-17(18)27-21(29)26-15-10-8-14(22)9-11-15/h4-12H,3H2,1-2H3,(H2,26,27,29). The summed E-state index contributed by atoms with van der Waals surface area (Å²) in [7, 11) is 0. The molecule has 7 nitrogen and oxygen atoms in total. The number of rotatable bonds is 5. The summed E-state index contributed by atoms with van der Waals surface area (Å²) in [6.45, 7) is 4.06. The quantitative estimate of drug-likeness (QED) is 0.405. The number of halogens is 1. The van der Waals surface area contributed by atoms with E-state index in [1.165, 1.54) is 18.1 Å². The summed E-state index contributed by atoms with van der Waals surface area (Å²) in [5, 5.41) is 11.6. The van der Waals surface area contributed by atoms with Crippen LogP contribution in [0.15, 0.2) is 64.8 Å². The number of hydrogen-bond donors (Lipinski definition) is 2. The lowest BCUT2D eigenvalue weighted by Crippen LogP contribution is -2.19. The summed E-state index contributed by atoms with van der Waals surface area (Å²) in [6.07, 6.45) is 2.30. The number of aromatic nitrogens is 4. The number of para-hydroxylation sites is 1. The number of benzene rings is 2. The van der Waals surface area contributed by atoms with Crippen molar-refractivity contribution in [3.05, 3.63) is 71.1 Å². The van der Waals surface area contributed by atoms with Gasteiger partial charge in [0, 0.05) is 26.9 Å². The predicted octanol–water partition coefficient (Wildman–Crippen LogP) is 5.44. The molecule has 0 bridgehead atoms. The fourth-order valence-corrected chi connectivity index (χ4v) is 4.39. The highest BCUT2D eigenvalue weighted by atomic mass is 35.5. The number of hydrogen-bond acceptors (Lipinski definition) is 5. The first-order chi connectivity index (χ1) is 14.5. The number of fused-ring (bicyclic) bond motifs is 1. The molecule has 2 N–H and O–H groups in total. The summed E-state index contributed by atoms with van der Waals surface area (Å²) < 4.78 is 1.74. The molecule has 0 saturated heterocycles. The number of carbonyl (C=O) groups is 1. The Bertz CT molecular complexity index is 1210. The molecule has 0 fully saturated rings. The molecule has 0 radical (unpaired) electrons. The van der Waals surface area contributed by atoms with Crippen LogP contribution < -0.4 is 10.6 Å². The van der Waals surface area contributed by atoms with Crippen molar-refractivity contribution in [1.82, 2.24) is 19.6 Å². The van der Waals surface area contributed by atoms with Crippen LogP contribution in [0.1, 0.15) is 18.2 Å². The number of nitrogens with zero attached hydrogens (tertiary/aromatic N) is 4. The third kappa shape index (κ3) is 4.24. The van der Waals surface area contributed by atoms with Crippen LogP contribution >= 0.6 is 23.4 Å². The van der Waals surface area contributed by atoms with Crippen LogP contribution in [0.2, 0.25) is 5.02 Å². The lowest BCUT2D eigenvalue weighted by Gasteiger charge is -2.15. The average Bonchev–Trinajstić information content (AvgIpc) is 3.19. The zero-order valence-corrected chi connectivity index (χ0v) is 18.0. The van der Waals surface area contributed by atoms with E-state index in [9.17, 15) is 4.79 Å². The molecule has 0 aliphatic carbocycles. The monoisotopic (exact) mass is 438 g/mol. The van der Waals surface area contributed by atoms with E-state index in [2.05, 4.69) is 32.6 Å². The van der Waals surface area contributed by atoms with Gasteiger partial charge in [-0.1, -0.05) is 42.4 Å². The maximum atomic E-state index is 12.5. The van der Waals surface area contributed by atoms with Crippen LogP contribution in [-0.4, -0.2) is 25.6 Å². The van der Waals surface area contributed by atoms with E-state index >= 15 is 0 Å². The Morgan fingerprint density at radius 1 is 1.13 bits per heavy atom. The summed E-state index contributed by atoms with van der Waals surface area (Å²) in [6, 6.07) is 14.2. The third-order valence-electron chi connectivity index (χ3n) is 4.48. The second-order valence-electron chi connectivity index (χ2n) is 6.49. The topological polar surface area (TPSA) is 84.2 Å². The highest BCUT2D eigenvalue weighted by molar-refractivity contribution is 7.99. The molecule has 4 aromatic rings.